The van der Waals surface area contributed by atoms with Gasteiger partial charge in [-0.25, -0.2) is 9.37 Å². The van der Waals surface area contributed by atoms with Crippen molar-refractivity contribution >= 4 is 5.91 Å². The SMILES string of the molecule is Cc1nc([C@@H]2CN(C(=O)[C@H]3C[C@H]3C)C[C@H]2c2ccccc2F)cc(=O)[nH]1. The van der Waals surface area contributed by atoms with Gasteiger partial charge in [-0.3, -0.25) is 9.59 Å². The van der Waals surface area contributed by atoms with Gasteiger partial charge in [-0.15, -0.1) is 0 Å². The number of H-pyrrole nitrogens is 1. The molecule has 136 valence electrons. The zero-order valence-electron chi connectivity index (χ0n) is 14.9. The molecule has 1 saturated carbocycles. The van der Waals surface area contributed by atoms with Crippen LogP contribution in [0, 0.1) is 24.6 Å². The summed E-state index contributed by atoms with van der Waals surface area (Å²) in [7, 11) is 0. The van der Waals surface area contributed by atoms with Crippen LogP contribution in [0.1, 0.15) is 42.3 Å². The molecule has 1 aliphatic heterocycles. The molecule has 4 atom stereocenters. The van der Waals surface area contributed by atoms with Crippen LogP contribution in [-0.2, 0) is 4.79 Å². The van der Waals surface area contributed by atoms with Gasteiger partial charge in [-0.1, -0.05) is 25.1 Å². The van der Waals surface area contributed by atoms with E-state index >= 15 is 0 Å². The zero-order chi connectivity index (χ0) is 18.4. The lowest BCUT2D eigenvalue weighted by atomic mass is 9.86. The molecule has 0 unspecified atom stereocenters. The maximum atomic E-state index is 14.5. The van der Waals surface area contributed by atoms with E-state index in [-0.39, 0.29) is 35.0 Å². The van der Waals surface area contributed by atoms with Crippen molar-refractivity contribution in [2.75, 3.05) is 13.1 Å². The summed E-state index contributed by atoms with van der Waals surface area (Å²) in [6.07, 6.45) is 0.923. The highest BCUT2D eigenvalue weighted by Crippen LogP contribution is 2.44. The summed E-state index contributed by atoms with van der Waals surface area (Å²) in [5.74, 6) is 0.507. The number of benzene rings is 1. The lowest BCUT2D eigenvalue weighted by molar-refractivity contribution is -0.131. The van der Waals surface area contributed by atoms with E-state index in [9.17, 15) is 14.0 Å². The van der Waals surface area contributed by atoms with E-state index in [1.165, 1.54) is 12.1 Å². The van der Waals surface area contributed by atoms with Crippen molar-refractivity contribution in [2.45, 2.75) is 32.1 Å². The number of aromatic nitrogens is 2. The van der Waals surface area contributed by atoms with Crippen LogP contribution in [0.5, 0.6) is 0 Å². The number of nitrogens with zero attached hydrogens (tertiary/aromatic N) is 2. The Morgan fingerprint density at radius 1 is 1.27 bits per heavy atom. The number of nitrogens with one attached hydrogen (secondary N) is 1. The average molecular weight is 355 g/mol. The Morgan fingerprint density at radius 2 is 1.96 bits per heavy atom. The Bertz CT molecular complexity index is 910. The van der Waals surface area contributed by atoms with Crippen LogP contribution in [0.4, 0.5) is 4.39 Å². The first-order valence-electron chi connectivity index (χ1n) is 9.05. The van der Waals surface area contributed by atoms with E-state index < -0.39 is 0 Å². The first-order valence-corrected chi connectivity index (χ1v) is 9.05. The predicted octanol–water partition coefficient (Wildman–Crippen LogP) is 2.58. The summed E-state index contributed by atoms with van der Waals surface area (Å²) in [5.41, 5.74) is 0.982. The molecule has 0 radical (unpaired) electrons. The average Bonchev–Trinajstić information content (AvgIpc) is 3.16. The number of carbonyl (C=O) groups excluding carboxylic acids is 1. The largest absolute Gasteiger partial charge is 0.341 e. The molecule has 4 rings (SSSR count). The topological polar surface area (TPSA) is 66.1 Å². The first-order chi connectivity index (χ1) is 12.4. The van der Waals surface area contributed by atoms with Crippen molar-refractivity contribution in [3.05, 3.63) is 63.6 Å². The highest BCUT2D eigenvalue weighted by atomic mass is 19.1. The minimum Gasteiger partial charge on any atom is -0.341 e. The summed E-state index contributed by atoms with van der Waals surface area (Å²) in [4.78, 5) is 33.6. The molecule has 26 heavy (non-hydrogen) atoms. The van der Waals surface area contributed by atoms with Gasteiger partial charge < -0.3 is 9.88 Å². The van der Waals surface area contributed by atoms with Gasteiger partial charge >= 0.3 is 0 Å². The molecule has 1 aromatic carbocycles. The quantitative estimate of drug-likeness (QED) is 0.920. The Morgan fingerprint density at radius 3 is 2.62 bits per heavy atom. The number of rotatable bonds is 3. The molecule has 1 amide bonds. The van der Waals surface area contributed by atoms with Gasteiger partial charge in [-0.2, -0.15) is 0 Å². The summed E-state index contributed by atoms with van der Waals surface area (Å²) in [6, 6.07) is 8.14. The van der Waals surface area contributed by atoms with Crippen LogP contribution in [-0.4, -0.2) is 33.9 Å². The fraction of sp³-hybridized carbons (Fsp3) is 0.450. The smallest absolute Gasteiger partial charge is 0.251 e. The Labute approximate surface area is 151 Å². The Kier molecular flexibility index (Phi) is 4.13. The highest BCUT2D eigenvalue weighted by molar-refractivity contribution is 5.82. The Hall–Kier alpha value is -2.50. The van der Waals surface area contributed by atoms with Crippen LogP contribution >= 0.6 is 0 Å². The van der Waals surface area contributed by atoms with Crippen molar-refractivity contribution < 1.29 is 9.18 Å². The summed E-state index contributed by atoms with van der Waals surface area (Å²) in [6.45, 7) is 4.73. The van der Waals surface area contributed by atoms with Gasteiger partial charge in [-0.05, 0) is 30.9 Å². The second kappa shape index (κ2) is 6.34. The van der Waals surface area contributed by atoms with Gasteiger partial charge in [0.25, 0.3) is 5.56 Å². The molecule has 1 saturated heterocycles. The number of amides is 1. The van der Waals surface area contributed by atoms with Crippen LogP contribution in [0.3, 0.4) is 0 Å². The molecule has 2 aromatic rings. The molecule has 0 spiro atoms. The van der Waals surface area contributed by atoms with Crippen LogP contribution in [0.2, 0.25) is 0 Å². The minimum absolute atomic E-state index is 0.0869. The number of carbonyl (C=O) groups is 1. The molecule has 1 aliphatic carbocycles. The molecule has 2 aliphatic rings. The lowest BCUT2D eigenvalue weighted by Crippen LogP contribution is -2.30. The normalized spacial score (nSPS) is 27.6. The fourth-order valence-corrected chi connectivity index (χ4v) is 4.07. The summed E-state index contributed by atoms with van der Waals surface area (Å²) in [5, 5.41) is 0. The van der Waals surface area contributed by atoms with Gasteiger partial charge in [0.15, 0.2) is 0 Å². The zero-order valence-corrected chi connectivity index (χ0v) is 14.9. The van der Waals surface area contributed by atoms with Gasteiger partial charge in [0.2, 0.25) is 5.91 Å². The number of aryl methyl sites for hydroxylation is 1. The maximum Gasteiger partial charge on any atom is 0.251 e. The van der Waals surface area contributed by atoms with E-state index in [2.05, 4.69) is 16.9 Å². The van der Waals surface area contributed by atoms with Crippen LogP contribution < -0.4 is 5.56 Å². The summed E-state index contributed by atoms with van der Waals surface area (Å²) >= 11 is 0. The number of aromatic amines is 1. The number of halogens is 1. The lowest BCUT2D eigenvalue weighted by Gasteiger charge is -2.18. The predicted molar refractivity (Wildman–Crippen MR) is 95.3 cm³/mol. The number of hydrogen-bond acceptors (Lipinski definition) is 3. The monoisotopic (exact) mass is 355 g/mol. The van der Waals surface area contributed by atoms with Crippen molar-refractivity contribution in [3.63, 3.8) is 0 Å². The third-order valence-electron chi connectivity index (χ3n) is 5.62. The van der Waals surface area contributed by atoms with Gasteiger partial charge in [0.1, 0.15) is 11.6 Å². The van der Waals surface area contributed by atoms with E-state index in [1.54, 1.807) is 25.1 Å². The molecule has 1 aromatic heterocycles. The molecular formula is C20H22FN3O2. The van der Waals surface area contributed by atoms with Crippen molar-refractivity contribution in [1.82, 2.24) is 14.9 Å². The first kappa shape index (κ1) is 16.9. The third-order valence-corrected chi connectivity index (χ3v) is 5.62. The van der Waals surface area contributed by atoms with Crippen molar-refractivity contribution in [1.29, 1.82) is 0 Å². The van der Waals surface area contributed by atoms with E-state index in [1.807, 2.05) is 4.90 Å². The van der Waals surface area contributed by atoms with E-state index in [0.717, 1.165) is 6.42 Å². The van der Waals surface area contributed by atoms with Gasteiger partial charge in [0, 0.05) is 36.9 Å². The Balaban J connectivity index is 1.71. The molecular weight excluding hydrogens is 333 g/mol. The molecule has 1 N–H and O–H groups in total. The van der Waals surface area contributed by atoms with Crippen molar-refractivity contribution in [3.8, 4) is 0 Å². The van der Waals surface area contributed by atoms with Crippen LogP contribution in [0.15, 0.2) is 35.1 Å². The fourth-order valence-electron chi connectivity index (χ4n) is 4.07. The molecule has 6 heteroatoms. The number of likely N-dealkylation sites (tertiary alicyclic amines) is 1. The minimum atomic E-state index is -0.279. The van der Waals surface area contributed by atoms with E-state index in [4.69, 9.17) is 0 Å². The highest BCUT2D eigenvalue weighted by Gasteiger charge is 2.46. The van der Waals surface area contributed by atoms with E-state index in [0.29, 0.717) is 36.1 Å². The molecule has 2 heterocycles. The third kappa shape index (κ3) is 3.04. The molecule has 0 bridgehead atoms. The molecule has 2 fully saturated rings. The van der Waals surface area contributed by atoms with Crippen LogP contribution in [0.25, 0.3) is 0 Å². The number of hydrogen-bond donors (Lipinski definition) is 1. The van der Waals surface area contributed by atoms with Gasteiger partial charge in [0.05, 0.1) is 5.69 Å². The standard InChI is InChI=1S/C20H22FN3O2/c1-11-7-14(11)20(26)24-9-15(13-5-3-4-6-17(13)21)16(10-24)18-8-19(25)23-12(2)22-18/h3-6,8,11,14-16H,7,9-10H2,1-2H3,(H,22,23,25)/t11-,14+,15+,16-/m1/s1. The maximum absolute atomic E-state index is 14.5. The molecule has 5 nitrogen and oxygen atoms in total. The summed E-state index contributed by atoms with van der Waals surface area (Å²) < 4.78 is 14.5. The second-order valence-corrected chi connectivity index (χ2v) is 7.55. The van der Waals surface area contributed by atoms with Crippen molar-refractivity contribution in [2.24, 2.45) is 11.8 Å². The second-order valence-electron chi connectivity index (χ2n) is 7.55.